The number of likely N-dealkylation sites (tertiary alicyclic amines) is 1. The quantitative estimate of drug-likeness (QED) is 0.915. The molecule has 0 spiro atoms. The standard InChI is InChI=1S/C12H16BrFN2/c13-11-4-3-10(9-12(11)14)15-5-8-16-6-1-2-7-16/h3-4,9,15H,1-2,5-8H2. The van der Waals surface area contributed by atoms with Crippen LogP contribution in [0.4, 0.5) is 10.1 Å². The molecule has 2 nitrogen and oxygen atoms in total. The van der Waals surface area contributed by atoms with Crippen molar-refractivity contribution in [3.05, 3.63) is 28.5 Å². The summed E-state index contributed by atoms with van der Waals surface area (Å²) in [6, 6.07) is 5.14. The summed E-state index contributed by atoms with van der Waals surface area (Å²) < 4.78 is 13.7. The molecule has 1 N–H and O–H groups in total. The van der Waals surface area contributed by atoms with Gasteiger partial charge in [0.2, 0.25) is 0 Å². The molecule has 0 aromatic heterocycles. The van der Waals surface area contributed by atoms with Crippen LogP contribution >= 0.6 is 15.9 Å². The molecule has 0 aliphatic carbocycles. The maximum atomic E-state index is 13.2. The van der Waals surface area contributed by atoms with Gasteiger partial charge in [-0.15, -0.1) is 0 Å². The molecule has 1 aromatic rings. The fourth-order valence-corrected chi connectivity index (χ4v) is 2.22. The second-order valence-corrected chi connectivity index (χ2v) is 4.96. The third-order valence-corrected chi connectivity index (χ3v) is 3.52. The normalized spacial score (nSPS) is 16.6. The van der Waals surface area contributed by atoms with Crippen molar-refractivity contribution in [1.29, 1.82) is 0 Å². The molecule has 1 heterocycles. The molecule has 1 aliphatic rings. The number of hydrogen-bond acceptors (Lipinski definition) is 2. The molecule has 0 amide bonds. The Morgan fingerprint density at radius 2 is 2.06 bits per heavy atom. The molecular formula is C12H16BrFN2. The largest absolute Gasteiger partial charge is 0.384 e. The Balaban J connectivity index is 1.78. The number of hydrogen-bond donors (Lipinski definition) is 1. The fraction of sp³-hybridized carbons (Fsp3) is 0.500. The van der Waals surface area contributed by atoms with Crippen molar-refractivity contribution in [2.24, 2.45) is 0 Å². The molecule has 1 aromatic carbocycles. The van der Waals surface area contributed by atoms with Gasteiger partial charge in [-0.2, -0.15) is 0 Å². The van der Waals surface area contributed by atoms with E-state index in [1.165, 1.54) is 32.0 Å². The molecule has 0 unspecified atom stereocenters. The average Bonchev–Trinajstić information content (AvgIpc) is 2.76. The Bertz CT molecular complexity index is 351. The monoisotopic (exact) mass is 286 g/mol. The molecule has 0 atom stereocenters. The van der Waals surface area contributed by atoms with Gasteiger partial charge in [-0.25, -0.2) is 4.39 Å². The van der Waals surface area contributed by atoms with Crippen LogP contribution < -0.4 is 5.32 Å². The van der Waals surface area contributed by atoms with Crippen molar-refractivity contribution < 1.29 is 4.39 Å². The molecule has 4 heteroatoms. The minimum Gasteiger partial charge on any atom is -0.384 e. The van der Waals surface area contributed by atoms with Crippen molar-refractivity contribution >= 4 is 21.6 Å². The van der Waals surface area contributed by atoms with Gasteiger partial charge in [-0.05, 0) is 60.1 Å². The minimum absolute atomic E-state index is 0.217. The van der Waals surface area contributed by atoms with E-state index in [1.54, 1.807) is 6.07 Å². The lowest BCUT2D eigenvalue weighted by atomic mass is 10.3. The summed E-state index contributed by atoms with van der Waals surface area (Å²) in [7, 11) is 0. The first-order valence-electron chi connectivity index (χ1n) is 5.67. The van der Waals surface area contributed by atoms with Crippen LogP contribution in [-0.4, -0.2) is 31.1 Å². The van der Waals surface area contributed by atoms with E-state index in [-0.39, 0.29) is 5.82 Å². The smallest absolute Gasteiger partial charge is 0.139 e. The van der Waals surface area contributed by atoms with Crippen LogP contribution in [0.5, 0.6) is 0 Å². The highest BCUT2D eigenvalue weighted by Crippen LogP contribution is 2.19. The van der Waals surface area contributed by atoms with Gasteiger partial charge >= 0.3 is 0 Å². The first-order valence-corrected chi connectivity index (χ1v) is 6.46. The van der Waals surface area contributed by atoms with E-state index < -0.39 is 0 Å². The lowest BCUT2D eigenvalue weighted by Gasteiger charge is -2.15. The van der Waals surface area contributed by atoms with Crippen molar-refractivity contribution in [2.45, 2.75) is 12.8 Å². The zero-order valence-corrected chi connectivity index (χ0v) is 10.8. The molecule has 1 fully saturated rings. The van der Waals surface area contributed by atoms with Gasteiger partial charge in [-0.3, -0.25) is 0 Å². The zero-order chi connectivity index (χ0) is 11.4. The van der Waals surface area contributed by atoms with Gasteiger partial charge in [0.25, 0.3) is 0 Å². The SMILES string of the molecule is Fc1cc(NCCN2CCCC2)ccc1Br. The van der Waals surface area contributed by atoms with E-state index in [2.05, 4.69) is 26.1 Å². The number of nitrogens with zero attached hydrogens (tertiary/aromatic N) is 1. The third kappa shape index (κ3) is 3.19. The van der Waals surface area contributed by atoms with Crippen LogP contribution in [0, 0.1) is 5.82 Å². The minimum atomic E-state index is -0.217. The Kier molecular flexibility index (Phi) is 4.18. The summed E-state index contributed by atoms with van der Waals surface area (Å²) in [6.45, 7) is 4.32. The summed E-state index contributed by atoms with van der Waals surface area (Å²) in [6.07, 6.45) is 2.62. The van der Waals surface area contributed by atoms with Gasteiger partial charge < -0.3 is 10.2 Å². The highest BCUT2D eigenvalue weighted by atomic mass is 79.9. The summed E-state index contributed by atoms with van der Waals surface area (Å²) in [5.74, 6) is -0.217. The first kappa shape index (κ1) is 11.9. The maximum Gasteiger partial charge on any atom is 0.139 e. The van der Waals surface area contributed by atoms with E-state index in [1.807, 2.05) is 6.07 Å². The Morgan fingerprint density at radius 3 is 2.75 bits per heavy atom. The molecule has 1 aliphatic heterocycles. The van der Waals surface area contributed by atoms with E-state index in [0.717, 1.165) is 18.8 Å². The van der Waals surface area contributed by atoms with Crippen LogP contribution in [0.2, 0.25) is 0 Å². The molecule has 88 valence electrons. The van der Waals surface area contributed by atoms with E-state index in [0.29, 0.717) is 4.47 Å². The summed E-state index contributed by atoms with van der Waals surface area (Å²) in [5.41, 5.74) is 0.847. The second-order valence-electron chi connectivity index (χ2n) is 4.10. The van der Waals surface area contributed by atoms with Gasteiger partial charge in [-0.1, -0.05) is 0 Å². The molecule has 0 radical (unpaired) electrons. The number of benzene rings is 1. The summed E-state index contributed by atoms with van der Waals surface area (Å²) in [4.78, 5) is 2.43. The topological polar surface area (TPSA) is 15.3 Å². The van der Waals surface area contributed by atoms with Crippen molar-refractivity contribution in [3.8, 4) is 0 Å². The van der Waals surface area contributed by atoms with E-state index in [4.69, 9.17) is 0 Å². The Morgan fingerprint density at radius 1 is 1.31 bits per heavy atom. The van der Waals surface area contributed by atoms with Crippen LogP contribution in [0.3, 0.4) is 0 Å². The number of nitrogens with one attached hydrogen (secondary N) is 1. The average molecular weight is 287 g/mol. The molecule has 2 rings (SSSR count). The summed E-state index contributed by atoms with van der Waals surface area (Å²) in [5, 5.41) is 3.24. The molecule has 0 saturated carbocycles. The Labute approximate surface area is 104 Å². The number of halogens is 2. The van der Waals surface area contributed by atoms with Gasteiger partial charge in [0.15, 0.2) is 0 Å². The maximum absolute atomic E-state index is 13.2. The highest BCUT2D eigenvalue weighted by molar-refractivity contribution is 9.10. The lowest BCUT2D eigenvalue weighted by Crippen LogP contribution is -2.25. The van der Waals surface area contributed by atoms with Crippen LogP contribution in [-0.2, 0) is 0 Å². The summed E-state index contributed by atoms with van der Waals surface area (Å²) >= 11 is 3.14. The lowest BCUT2D eigenvalue weighted by molar-refractivity contribution is 0.352. The highest BCUT2D eigenvalue weighted by Gasteiger charge is 2.10. The van der Waals surface area contributed by atoms with E-state index in [9.17, 15) is 4.39 Å². The molecule has 0 bridgehead atoms. The van der Waals surface area contributed by atoms with E-state index >= 15 is 0 Å². The van der Waals surface area contributed by atoms with Crippen LogP contribution in [0.25, 0.3) is 0 Å². The molecular weight excluding hydrogens is 271 g/mol. The van der Waals surface area contributed by atoms with Crippen LogP contribution in [0.15, 0.2) is 22.7 Å². The van der Waals surface area contributed by atoms with Crippen molar-refractivity contribution in [2.75, 3.05) is 31.5 Å². The zero-order valence-electron chi connectivity index (χ0n) is 9.18. The fourth-order valence-electron chi connectivity index (χ4n) is 1.97. The third-order valence-electron chi connectivity index (χ3n) is 2.88. The van der Waals surface area contributed by atoms with Gasteiger partial charge in [0.05, 0.1) is 4.47 Å². The van der Waals surface area contributed by atoms with Gasteiger partial charge in [0, 0.05) is 18.8 Å². The van der Waals surface area contributed by atoms with Crippen molar-refractivity contribution in [3.63, 3.8) is 0 Å². The van der Waals surface area contributed by atoms with Crippen molar-refractivity contribution in [1.82, 2.24) is 4.90 Å². The predicted molar refractivity (Wildman–Crippen MR) is 68.3 cm³/mol. The number of rotatable bonds is 4. The predicted octanol–water partition coefficient (Wildman–Crippen LogP) is 3.10. The number of anilines is 1. The second kappa shape index (κ2) is 5.64. The molecule has 16 heavy (non-hydrogen) atoms. The Hall–Kier alpha value is -0.610. The molecule has 1 saturated heterocycles. The first-order chi connectivity index (χ1) is 7.75. The van der Waals surface area contributed by atoms with Crippen LogP contribution in [0.1, 0.15) is 12.8 Å². The van der Waals surface area contributed by atoms with Gasteiger partial charge in [0.1, 0.15) is 5.82 Å².